The van der Waals surface area contributed by atoms with E-state index >= 15 is 0 Å². The summed E-state index contributed by atoms with van der Waals surface area (Å²) in [7, 11) is 1.64. The highest BCUT2D eigenvalue weighted by molar-refractivity contribution is 5.58. The van der Waals surface area contributed by atoms with Crippen molar-refractivity contribution in [3.8, 4) is 5.75 Å². The van der Waals surface area contributed by atoms with Gasteiger partial charge in [-0.25, -0.2) is 4.39 Å². The summed E-state index contributed by atoms with van der Waals surface area (Å²) < 4.78 is 18.6. The molecule has 0 aliphatic carbocycles. The average molecular weight is 257 g/mol. The van der Waals surface area contributed by atoms with Crippen LogP contribution in [-0.2, 0) is 0 Å². The van der Waals surface area contributed by atoms with Crippen LogP contribution in [0.3, 0.4) is 0 Å². The molecule has 0 spiro atoms. The predicted molar refractivity (Wildman–Crippen MR) is 76.9 cm³/mol. The van der Waals surface area contributed by atoms with Gasteiger partial charge in [-0.15, -0.1) is 0 Å². The molecule has 0 unspecified atom stereocenters. The normalized spacial score (nSPS) is 10.6. The summed E-state index contributed by atoms with van der Waals surface area (Å²) in [6.07, 6.45) is 3.89. The van der Waals surface area contributed by atoms with E-state index in [9.17, 15) is 4.39 Å². The Kier molecular flexibility index (Phi) is 4.56. The molecule has 0 aliphatic rings. The lowest BCUT2D eigenvalue weighted by Gasteiger charge is -2.05. The molecule has 2 nitrogen and oxygen atoms in total. The molecular formula is C16H16FNO. The largest absolute Gasteiger partial charge is 0.496 e. The van der Waals surface area contributed by atoms with Crippen LogP contribution >= 0.6 is 0 Å². The average Bonchev–Trinajstić information content (AvgIpc) is 2.45. The van der Waals surface area contributed by atoms with E-state index in [1.54, 1.807) is 25.3 Å². The van der Waals surface area contributed by atoms with Crippen molar-refractivity contribution in [2.45, 2.75) is 0 Å². The maximum absolute atomic E-state index is 13.4. The molecule has 0 amide bonds. The molecule has 98 valence electrons. The predicted octanol–water partition coefficient (Wildman–Crippen LogP) is 3.96. The van der Waals surface area contributed by atoms with E-state index < -0.39 is 0 Å². The fourth-order valence-corrected chi connectivity index (χ4v) is 1.76. The van der Waals surface area contributed by atoms with Crippen LogP contribution in [0, 0.1) is 5.82 Å². The van der Waals surface area contributed by atoms with E-state index in [1.807, 2.05) is 36.4 Å². The van der Waals surface area contributed by atoms with Crippen LogP contribution < -0.4 is 10.1 Å². The highest BCUT2D eigenvalue weighted by Gasteiger charge is 1.98. The van der Waals surface area contributed by atoms with Gasteiger partial charge in [0.05, 0.1) is 12.8 Å². The molecule has 3 heteroatoms. The van der Waals surface area contributed by atoms with Crippen LogP contribution in [0.15, 0.2) is 54.6 Å². The number of ether oxygens (including phenoxy) is 1. The summed E-state index contributed by atoms with van der Waals surface area (Å²) in [5.74, 6) is 0.581. The Morgan fingerprint density at radius 2 is 1.84 bits per heavy atom. The second-order valence-electron chi connectivity index (χ2n) is 4.01. The molecule has 19 heavy (non-hydrogen) atoms. The standard InChI is InChI=1S/C16H16FNO/c1-19-16-11-5-2-7-13(16)8-6-12-18-15-10-4-3-9-14(15)17/h2-11,18H,12H2,1H3. The summed E-state index contributed by atoms with van der Waals surface area (Å²) in [6.45, 7) is 0.555. The van der Waals surface area contributed by atoms with Crippen molar-refractivity contribution in [1.29, 1.82) is 0 Å². The minimum absolute atomic E-state index is 0.242. The molecule has 2 aromatic rings. The fourth-order valence-electron chi connectivity index (χ4n) is 1.76. The molecule has 1 N–H and O–H groups in total. The molecule has 0 aliphatic heterocycles. The van der Waals surface area contributed by atoms with Crippen molar-refractivity contribution in [1.82, 2.24) is 0 Å². The Balaban J connectivity index is 1.96. The molecule has 0 atom stereocenters. The lowest BCUT2D eigenvalue weighted by molar-refractivity contribution is 0.414. The minimum atomic E-state index is -0.242. The maximum Gasteiger partial charge on any atom is 0.146 e. The molecule has 2 aromatic carbocycles. The van der Waals surface area contributed by atoms with Crippen molar-refractivity contribution < 1.29 is 9.13 Å². The summed E-state index contributed by atoms with van der Waals surface area (Å²) in [5.41, 5.74) is 1.51. The van der Waals surface area contributed by atoms with Gasteiger partial charge < -0.3 is 10.1 Å². The molecule has 0 bridgehead atoms. The van der Waals surface area contributed by atoms with Crippen molar-refractivity contribution in [3.05, 3.63) is 66.0 Å². The van der Waals surface area contributed by atoms with Crippen molar-refractivity contribution in [2.24, 2.45) is 0 Å². The van der Waals surface area contributed by atoms with E-state index in [0.717, 1.165) is 11.3 Å². The molecule has 0 heterocycles. The zero-order valence-electron chi connectivity index (χ0n) is 10.8. The number of halogens is 1. The van der Waals surface area contributed by atoms with Gasteiger partial charge in [-0.1, -0.05) is 42.5 Å². The first-order valence-corrected chi connectivity index (χ1v) is 6.09. The summed E-state index contributed by atoms with van der Waals surface area (Å²) in [6, 6.07) is 14.4. The minimum Gasteiger partial charge on any atom is -0.496 e. The van der Waals surface area contributed by atoms with Gasteiger partial charge in [0, 0.05) is 12.1 Å². The Labute approximate surface area is 112 Å². The first kappa shape index (κ1) is 13.1. The summed E-state index contributed by atoms with van der Waals surface area (Å²) in [4.78, 5) is 0. The van der Waals surface area contributed by atoms with E-state index in [4.69, 9.17) is 4.74 Å². The van der Waals surface area contributed by atoms with E-state index in [1.165, 1.54) is 6.07 Å². The Bertz CT molecular complexity index is 566. The van der Waals surface area contributed by atoms with Gasteiger partial charge in [0.25, 0.3) is 0 Å². The van der Waals surface area contributed by atoms with Crippen LogP contribution in [0.5, 0.6) is 5.75 Å². The van der Waals surface area contributed by atoms with Gasteiger partial charge >= 0.3 is 0 Å². The number of methoxy groups -OCH3 is 1. The quantitative estimate of drug-likeness (QED) is 0.875. The first-order chi connectivity index (χ1) is 9.31. The highest BCUT2D eigenvalue weighted by Crippen LogP contribution is 2.18. The molecule has 0 fully saturated rings. The van der Waals surface area contributed by atoms with Gasteiger partial charge in [-0.3, -0.25) is 0 Å². The van der Waals surface area contributed by atoms with Crippen LogP contribution in [0.25, 0.3) is 6.08 Å². The lowest BCUT2D eigenvalue weighted by atomic mass is 10.2. The Morgan fingerprint density at radius 3 is 2.63 bits per heavy atom. The molecule has 0 aromatic heterocycles. The van der Waals surface area contributed by atoms with Gasteiger partial charge in [0.1, 0.15) is 11.6 Å². The lowest BCUT2D eigenvalue weighted by Crippen LogP contribution is -2.00. The number of benzene rings is 2. The second kappa shape index (κ2) is 6.59. The Morgan fingerprint density at radius 1 is 1.11 bits per heavy atom. The molecule has 0 saturated heterocycles. The van der Waals surface area contributed by atoms with Crippen molar-refractivity contribution >= 4 is 11.8 Å². The maximum atomic E-state index is 13.4. The third-order valence-corrected chi connectivity index (χ3v) is 2.72. The van der Waals surface area contributed by atoms with Crippen LogP contribution in [0.1, 0.15) is 5.56 Å². The van der Waals surface area contributed by atoms with E-state index in [-0.39, 0.29) is 5.82 Å². The molecule has 0 radical (unpaired) electrons. The van der Waals surface area contributed by atoms with Gasteiger partial charge in [-0.05, 0) is 18.2 Å². The molecule has 0 saturated carbocycles. The third-order valence-electron chi connectivity index (χ3n) is 2.72. The summed E-state index contributed by atoms with van der Waals surface area (Å²) in [5, 5.41) is 3.02. The monoisotopic (exact) mass is 257 g/mol. The van der Waals surface area contributed by atoms with Gasteiger partial charge in [0.15, 0.2) is 0 Å². The number of nitrogens with one attached hydrogen (secondary N) is 1. The zero-order chi connectivity index (χ0) is 13.5. The van der Waals surface area contributed by atoms with E-state index in [0.29, 0.717) is 12.2 Å². The van der Waals surface area contributed by atoms with Crippen molar-refractivity contribution in [3.63, 3.8) is 0 Å². The molecular weight excluding hydrogens is 241 g/mol. The topological polar surface area (TPSA) is 21.3 Å². The Hall–Kier alpha value is -2.29. The number of hydrogen-bond acceptors (Lipinski definition) is 2. The third kappa shape index (κ3) is 3.58. The smallest absolute Gasteiger partial charge is 0.146 e. The number of hydrogen-bond donors (Lipinski definition) is 1. The van der Waals surface area contributed by atoms with Gasteiger partial charge in [0.2, 0.25) is 0 Å². The highest BCUT2D eigenvalue weighted by atomic mass is 19.1. The van der Waals surface area contributed by atoms with Crippen LogP contribution in [0.4, 0.5) is 10.1 Å². The van der Waals surface area contributed by atoms with Gasteiger partial charge in [-0.2, -0.15) is 0 Å². The van der Waals surface area contributed by atoms with Crippen LogP contribution in [0.2, 0.25) is 0 Å². The number of para-hydroxylation sites is 2. The fraction of sp³-hybridized carbons (Fsp3) is 0.125. The zero-order valence-corrected chi connectivity index (χ0v) is 10.8. The SMILES string of the molecule is COc1ccccc1C=CCNc1ccccc1F. The van der Waals surface area contributed by atoms with Crippen molar-refractivity contribution in [2.75, 3.05) is 19.0 Å². The van der Waals surface area contributed by atoms with Crippen LogP contribution in [-0.4, -0.2) is 13.7 Å². The summed E-state index contributed by atoms with van der Waals surface area (Å²) >= 11 is 0. The first-order valence-electron chi connectivity index (χ1n) is 6.09. The van der Waals surface area contributed by atoms with E-state index in [2.05, 4.69) is 5.32 Å². The number of rotatable bonds is 5. The molecule has 2 rings (SSSR count). The number of anilines is 1. The second-order valence-corrected chi connectivity index (χ2v) is 4.01.